The topological polar surface area (TPSA) is 121 Å². The predicted octanol–water partition coefficient (Wildman–Crippen LogP) is 2.62. The molecule has 2 unspecified atom stereocenters. The molecule has 2 aromatic rings. The molecule has 0 saturated carbocycles. The van der Waals surface area contributed by atoms with Crippen LogP contribution >= 0.6 is 0 Å². The number of hydrogen-bond acceptors (Lipinski definition) is 4. The van der Waals surface area contributed by atoms with E-state index in [1.54, 1.807) is 60.7 Å². The van der Waals surface area contributed by atoms with E-state index in [1.807, 2.05) is 0 Å². The molecule has 0 heterocycles. The number of para-hydroxylation sites is 1. The lowest BCUT2D eigenvalue weighted by molar-refractivity contribution is -0.146. The average molecular weight is 383 g/mol. The monoisotopic (exact) mass is 383 g/mol. The Labute approximate surface area is 162 Å². The van der Waals surface area contributed by atoms with Crippen molar-refractivity contribution in [2.24, 2.45) is 11.8 Å². The number of carboxylic acid groups (broad SMARTS) is 2. The van der Waals surface area contributed by atoms with Crippen LogP contribution in [0.2, 0.25) is 0 Å². The molecule has 0 aromatic heterocycles. The minimum Gasteiger partial charge on any atom is -0.481 e. The summed E-state index contributed by atoms with van der Waals surface area (Å²) >= 11 is 0. The first-order valence-corrected chi connectivity index (χ1v) is 8.73. The van der Waals surface area contributed by atoms with E-state index in [2.05, 4.69) is 5.32 Å². The van der Waals surface area contributed by atoms with E-state index in [-0.39, 0.29) is 6.42 Å². The van der Waals surface area contributed by atoms with Gasteiger partial charge in [0.1, 0.15) is 5.78 Å². The minimum atomic E-state index is -1.30. The van der Waals surface area contributed by atoms with Crippen LogP contribution in [0.5, 0.6) is 0 Å². The average Bonchev–Trinajstić information content (AvgIpc) is 2.65. The highest BCUT2D eigenvalue weighted by atomic mass is 16.4. The van der Waals surface area contributed by atoms with E-state index in [0.29, 0.717) is 11.3 Å². The highest BCUT2D eigenvalue weighted by Crippen LogP contribution is 2.25. The summed E-state index contributed by atoms with van der Waals surface area (Å²) in [5.74, 6) is -6.28. The van der Waals surface area contributed by atoms with Crippen molar-refractivity contribution in [1.29, 1.82) is 0 Å². The fourth-order valence-corrected chi connectivity index (χ4v) is 2.96. The van der Waals surface area contributed by atoms with Gasteiger partial charge in [-0.1, -0.05) is 48.5 Å². The van der Waals surface area contributed by atoms with Gasteiger partial charge in [0.2, 0.25) is 5.91 Å². The number of amides is 1. The summed E-state index contributed by atoms with van der Waals surface area (Å²) in [6.45, 7) is 0. The molecule has 146 valence electrons. The summed E-state index contributed by atoms with van der Waals surface area (Å²) < 4.78 is 0. The molecule has 2 rings (SSSR count). The Kier molecular flexibility index (Phi) is 7.45. The Balaban J connectivity index is 2.27. The zero-order valence-electron chi connectivity index (χ0n) is 15.1. The maximum absolute atomic E-state index is 12.8. The van der Waals surface area contributed by atoms with Crippen molar-refractivity contribution in [1.82, 2.24) is 0 Å². The number of benzene rings is 2. The van der Waals surface area contributed by atoms with Gasteiger partial charge in [-0.3, -0.25) is 19.2 Å². The summed E-state index contributed by atoms with van der Waals surface area (Å²) in [4.78, 5) is 48.1. The lowest BCUT2D eigenvalue weighted by atomic mass is 9.81. The third-order valence-corrected chi connectivity index (χ3v) is 4.29. The molecule has 0 aliphatic carbocycles. The first-order chi connectivity index (χ1) is 13.4. The van der Waals surface area contributed by atoms with Crippen LogP contribution in [0.4, 0.5) is 5.69 Å². The van der Waals surface area contributed by atoms with Crippen molar-refractivity contribution in [3.05, 3.63) is 66.2 Å². The number of aliphatic carboxylic acids is 2. The second kappa shape index (κ2) is 10.0. The molecule has 0 fully saturated rings. The smallest absolute Gasteiger partial charge is 0.304 e. The van der Waals surface area contributed by atoms with Crippen molar-refractivity contribution in [3.8, 4) is 0 Å². The molecule has 7 heteroatoms. The largest absolute Gasteiger partial charge is 0.481 e. The molecule has 0 bridgehead atoms. The SMILES string of the molecule is O=C(O)CC(C(=O)Cc1ccccc1)C(CC(=O)O)C(=O)Nc1ccccc1. The maximum atomic E-state index is 12.8. The lowest BCUT2D eigenvalue weighted by Crippen LogP contribution is -2.37. The van der Waals surface area contributed by atoms with E-state index in [0.717, 1.165) is 0 Å². The van der Waals surface area contributed by atoms with E-state index < -0.39 is 48.3 Å². The van der Waals surface area contributed by atoms with Crippen molar-refractivity contribution >= 4 is 29.3 Å². The fourth-order valence-electron chi connectivity index (χ4n) is 2.96. The zero-order valence-corrected chi connectivity index (χ0v) is 15.1. The van der Waals surface area contributed by atoms with Gasteiger partial charge in [0.05, 0.1) is 18.8 Å². The molecule has 0 aliphatic rings. The minimum absolute atomic E-state index is 0.0759. The van der Waals surface area contributed by atoms with Crippen molar-refractivity contribution in [2.45, 2.75) is 19.3 Å². The normalized spacial score (nSPS) is 12.6. The van der Waals surface area contributed by atoms with Gasteiger partial charge in [-0.2, -0.15) is 0 Å². The third kappa shape index (κ3) is 6.35. The molecule has 1 amide bonds. The number of nitrogens with one attached hydrogen (secondary N) is 1. The van der Waals surface area contributed by atoms with Gasteiger partial charge in [-0.15, -0.1) is 0 Å². The van der Waals surface area contributed by atoms with E-state index in [1.165, 1.54) is 0 Å². The number of hydrogen-bond donors (Lipinski definition) is 3. The Morgan fingerprint density at radius 3 is 1.79 bits per heavy atom. The molecule has 0 aliphatic heterocycles. The summed E-state index contributed by atoms with van der Waals surface area (Å²) in [6, 6.07) is 17.1. The molecule has 2 atom stereocenters. The van der Waals surface area contributed by atoms with Crippen molar-refractivity contribution < 1.29 is 29.4 Å². The Hall–Kier alpha value is -3.48. The number of anilines is 1. The fraction of sp³-hybridized carbons (Fsp3) is 0.238. The van der Waals surface area contributed by atoms with E-state index in [4.69, 9.17) is 0 Å². The number of ketones is 1. The second-order valence-electron chi connectivity index (χ2n) is 6.39. The Morgan fingerprint density at radius 2 is 1.25 bits per heavy atom. The summed E-state index contributed by atoms with van der Waals surface area (Å²) in [6.07, 6.45) is -1.34. The summed E-state index contributed by atoms with van der Waals surface area (Å²) in [5, 5.41) is 21.0. The van der Waals surface area contributed by atoms with Gasteiger partial charge in [0.15, 0.2) is 0 Å². The molecule has 0 radical (unpaired) electrons. The Morgan fingerprint density at radius 1 is 0.750 bits per heavy atom. The summed E-state index contributed by atoms with van der Waals surface area (Å²) in [5.41, 5.74) is 1.10. The van der Waals surface area contributed by atoms with Crippen LogP contribution in [-0.2, 0) is 25.6 Å². The van der Waals surface area contributed by atoms with E-state index in [9.17, 15) is 29.4 Å². The van der Waals surface area contributed by atoms with Gasteiger partial charge in [-0.05, 0) is 17.7 Å². The third-order valence-electron chi connectivity index (χ3n) is 4.29. The van der Waals surface area contributed by atoms with Crippen LogP contribution in [0, 0.1) is 11.8 Å². The Bertz CT molecular complexity index is 763. The second-order valence-corrected chi connectivity index (χ2v) is 6.39. The molecule has 3 N–H and O–H groups in total. The van der Waals surface area contributed by atoms with Gasteiger partial charge >= 0.3 is 11.9 Å². The molecule has 0 spiro atoms. The van der Waals surface area contributed by atoms with Crippen LogP contribution in [0.3, 0.4) is 0 Å². The molecular weight excluding hydrogens is 362 g/mol. The van der Waals surface area contributed by atoms with Crippen LogP contribution in [0.1, 0.15) is 18.4 Å². The predicted molar refractivity (Wildman–Crippen MR) is 102 cm³/mol. The first-order valence-electron chi connectivity index (χ1n) is 8.73. The van der Waals surface area contributed by atoms with Gasteiger partial charge < -0.3 is 15.5 Å². The standard InChI is InChI=1S/C21H21NO6/c23-18(11-14-7-3-1-4-8-14)16(12-19(24)25)17(13-20(26)27)21(28)22-15-9-5-2-6-10-15/h1-10,16-17H,11-13H2,(H,22,28)(H,24,25)(H,26,27). The van der Waals surface area contributed by atoms with Crippen molar-refractivity contribution in [2.75, 3.05) is 5.32 Å². The molecule has 28 heavy (non-hydrogen) atoms. The van der Waals surface area contributed by atoms with Gasteiger partial charge in [0, 0.05) is 18.0 Å². The van der Waals surface area contributed by atoms with Crippen LogP contribution in [0.25, 0.3) is 0 Å². The molecular formula is C21H21NO6. The lowest BCUT2D eigenvalue weighted by Gasteiger charge is -2.23. The zero-order chi connectivity index (χ0) is 20.5. The maximum Gasteiger partial charge on any atom is 0.304 e. The van der Waals surface area contributed by atoms with Crippen LogP contribution < -0.4 is 5.32 Å². The number of carbonyl (C=O) groups excluding carboxylic acids is 2. The molecule has 2 aromatic carbocycles. The number of carbonyl (C=O) groups is 4. The van der Waals surface area contributed by atoms with Crippen molar-refractivity contribution in [3.63, 3.8) is 0 Å². The molecule has 7 nitrogen and oxygen atoms in total. The quantitative estimate of drug-likeness (QED) is 0.580. The number of Topliss-reactive ketones (excluding diaryl/α,β-unsaturated/α-hetero) is 1. The first kappa shape index (κ1) is 20.8. The molecule has 0 saturated heterocycles. The summed E-state index contributed by atoms with van der Waals surface area (Å²) in [7, 11) is 0. The van der Waals surface area contributed by atoms with E-state index >= 15 is 0 Å². The van der Waals surface area contributed by atoms with Gasteiger partial charge in [-0.25, -0.2) is 0 Å². The highest BCUT2D eigenvalue weighted by molar-refractivity contribution is 5.99. The van der Waals surface area contributed by atoms with Gasteiger partial charge in [0.25, 0.3) is 0 Å². The highest BCUT2D eigenvalue weighted by Gasteiger charge is 2.36. The number of rotatable bonds is 10. The van der Waals surface area contributed by atoms with Crippen LogP contribution in [0.15, 0.2) is 60.7 Å². The van der Waals surface area contributed by atoms with Crippen LogP contribution in [-0.4, -0.2) is 33.8 Å². The number of carboxylic acids is 2.